The van der Waals surface area contributed by atoms with E-state index in [1.54, 1.807) is 6.07 Å². The summed E-state index contributed by atoms with van der Waals surface area (Å²) in [4.78, 5) is 17.3. The third kappa shape index (κ3) is 7.97. The summed E-state index contributed by atoms with van der Waals surface area (Å²) in [5, 5.41) is 12.8. The van der Waals surface area contributed by atoms with E-state index in [0.717, 1.165) is 11.8 Å². The maximum absolute atomic E-state index is 11.8. The van der Waals surface area contributed by atoms with Gasteiger partial charge in [0, 0.05) is 23.5 Å². The maximum Gasteiger partial charge on any atom is 0.241 e. The quantitative estimate of drug-likeness (QED) is 0.410. The Hall–Kier alpha value is -2.73. The van der Waals surface area contributed by atoms with E-state index in [1.807, 2.05) is 33.8 Å². The molecule has 0 aliphatic heterocycles. The fourth-order valence-electron chi connectivity index (χ4n) is 3.40. The summed E-state index contributed by atoms with van der Waals surface area (Å²) >= 11 is 0. The van der Waals surface area contributed by atoms with Crippen LogP contribution in [0.2, 0.25) is 0 Å². The van der Waals surface area contributed by atoms with E-state index in [9.17, 15) is 13.5 Å². The normalized spacial score (nSPS) is 13.0. The number of nitrogens with zero attached hydrogens (tertiary/aromatic N) is 4. The summed E-state index contributed by atoms with van der Waals surface area (Å²) in [5.74, 6) is 1.63. The average molecular weight is 483 g/mol. The highest BCUT2D eigenvalue weighted by atomic mass is 32.2. The minimum absolute atomic E-state index is 0.0955. The van der Waals surface area contributed by atoms with Crippen LogP contribution in [-0.2, 0) is 21.9 Å². The van der Waals surface area contributed by atoms with Crippen molar-refractivity contribution in [2.45, 2.75) is 52.0 Å². The molecule has 0 spiro atoms. The lowest BCUT2D eigenvalue weighted by Gasteiger charge is -2.26. The molecule has 0 amide bonds. The molecule has 0 bridgehead atoms. The van der Waals surface area contributed by atoms with E-state index in [1.165, 1.54) is 14.2 Å². The van der Waals surface area contributed by atoms with Crippen molar-refractivity contribution >= 4 is 21.9 Å². The molecule has 2 aromatic heterocycles. The van der Waals surface area contributed by atoms with Gasteiger partial charge in [0.2, 0.25) is 33.7 Å². The molecule has 0 aromatic carbocycles. The van der Waals surface area contributed by atoms with Crippen LogP contribution in [0.25, 0.3) is 0 Å². The third-order valence-electron chi connectivity index (χ3n) is 4.83. The monoisotopic (exact) mass is 482 g/mol. The molecule has 12 heteroatoms. The van der Waals surface area contributed by atoms with E-state index in [2.05, 4.69) is 30.0 Å². The van der Waals surface area contributed by atoms with Gasteiger partial charge in [0.05, 0.1) is 33.1 Å². The Kier molecular flexibility index (Phi) is 8.78. The number of methoxy groups -OCH3 is 2. The number of anilines is 2. The largest absolute Gasteiger partial charge is 0.481 e. The van der Waals surface area contributed by atoms with Gasteiger partial charge in [0.1, 0.15) is 5.82 Å². The van der Waals surface area contributed by atoms with Crippen LogP contribution in [0, 0.1) is 5.92 Å². The summed E-state index contributed by atoms with van der Waals surface area (Å²) in [6.45, 7) is 7.93. The molecule has 2 aromatic rings. The number of nitrogens with one attached hydrogen (secondary N) is 2. The maximum atomic E-state index is 11.8. The van der Waals surface area contributed by atoms with Gasteiger partial charge in [0.25, 0.3) is 0 Å². The third-order valence-corrected chi connectivity index (χ3v) is 5.39. The number of aliphatic hydroxyl groups is 1. The summed E-state index contributed by atoms with van der Waals surface area (Å²) in [7, 11) is -0.541. The van der Waals surface area contributed by atoms with E-state index in [-0.39, 0.29) is 24.5 Å². The van der Waals surface area contributed by atoms with Crippen molar-refractivity contribution in [2.75, 3.05) is 37.1 Å². The van der Waals surface area contributed by atoms with Crippen molar-refractivity contribution < 1.29 is 23.0 Å². The summed E-state index contributed by atoms with van der Waals surface area (Å²) in [6.07, 6.45) is 2.05. The number of aliphatic hydroxyl groups excluding tert-OH is 1. The first kappa shape index (κ1) is 26.5. The minimum Gasteiger partial charge on any atom is -0.481 e. The van der Waals surface area contributed by atoms with Crippen LogP contribution in [0.4, 0.5) is 11.9 Å². The zero-order valence-electron chi connectivity index (χ0n) is 20.2. The Morgan fingerprint density at radius 3 is 2.27 bits per heavy atom. The van der Waals surface area contributed by atoms with Crippen LogP contribution in [0.15, 0.2) is 12.1 Å². The van der Waals surface area contributed by atoms with Crippen LogP contribution < -0.4 is 19.5 Å². The van der Waals surface area contributed by atoms with E-state index in [0.29, 0.717) is 36.3 Å². The van der Waals surface area contributed by atoms with Crippen molar-refractivity contribution in [3.05, 3.63) is 23.5 Å². The lowest BCUT2D eigenvalue weighted by atomic mass is 9.81. The molecule has 11 nitrogen and oxygen atoms in total. The summed E-state index contributed by atoms with van der Waals surface area (Å²) in [5.41, 5.74) is 0.284. The molecule has 33 heavy (non-hydrogen) atoms. The molecule has 2 rings (SSSR count). The number of aromatic nitrogens is 4. The van der Waals surface area contributed by atoms with Crippen LogP contribution in [0.5, 0.6) is 11.8 Å². The summed E-state index contributed by atoms with van der Waals surface area (Å²) in [6, 6.07) is 3.32. The summed E-state index contributed by atoms with van der Waals surface area (Å²) < 4.78 is 36.5. The van der Waals surface area contributed by atoms with E-state index in [4.69, 9.17) is 9.47 Å². The van der Waals surface area contributed by atoms with Gasteiger partial charge in [-0.15, -0.1) is 0 Å². The molecule has 0 saturated heterocycles. The zero-order valence-corrected chi connectivity index (χ0v) is 21.0. The number of ether oxygens (including phenoxy) is 2. The predicted molar refractivity (Wildman–Crippen MR) is 126 cm³/mol. The Morgan fingerprint density at radius 2 is 1.73 bits per heavy atom. The second-order valence-corrected chi connectivity index (χ2v) is 10.6. The van der Waals surface area contributed by atoms with Crippen molar-refractivity contribution in [3.63, 3.8) is 0 Å². The molecule has 2 heterocycles. The van der Waals surface area contributed by atoms with Crippen LogP contribution in [0.3, 0.4) is 0 Å². The Balaban J connectivity index is 2.44. The van der Waals surface area contributed by atoms with Gasteiger partial charge in [-0.05, 0) is 18.4 Å². The second kappa shape index (κ2) is 10.9. The standard InChI is InChI=1S/C21H34N6O5S/c1-13(2)10-14(12-28)22-19-23-16(24-20(26-19)27-33(7,29)30)11-21(3,4)15-8-9-17(31-5)25-18(15)32-6/h8-9,13-14,28H,10-12H2,1-7H3,(H2,22,23,24,26,27)/t14-/m1/s1. The fraction of sp³-hybridized carbons (Fsp3) is 0.619. The lowest BCUT2D eigenvalue weighted by Crippen LogP contribution is -2.28. The predicted octanol–water partition coefficient (Wildman–Crippen LogP) is 1.99. The molecule has 0 aliphatic rings. The Labute approximate surface area is 195 Å². The van der Waals surface area contributed by atoms with Gasteiger partial charge in [0.15, 0.2) is 0 Å². The average Bonchev–Trinajstić information content (AvgIpc) is 2.70. The van der Waals surface area contributed by atoms with Crippen LogP contribution in [0.1, 0.15) is 45.5 Å². The number of hydrogen-bond donors (Lipinski definition) is 3. The van der Waals surface area contributed by atoms with Gasteiger partial charge in [-0.2, -0.15) is 19.9 Å². The molecule has 0 unspecified atom stereocenters. The van der Waals surface area contributed by atoms with Crippen molar-refractivity contribution in [2.24, 2.45) is 5.92 Å². The Bertz CT molecular complexity index is 1050. The van der Waals surface area contributed by atoms with Gasteiger partial charge < -0.3 is 19.9 Å². The topological polar surface area (TPSA) is 148 Å². The van der Waals surface area contributed by atoms with Crippen molar-refractivity contribution in [3.8, 4) is 11.8 Å². The smallest absolute Gasteiger partial charge is 0.241 e. The molecule has 0 fully saturated rings. The zero-order chi connectivity index (χ0) is 24.8. The first-order valence-corrected chi connectivity index (χ1v) is 12.5. The molecule has 3 N–H and O–H groups in total. The number of rotatable bonds is 12. The van der Waals surface area contributed by atoms with Crippen LogP contribution in [-0.4, -0.2) is 66.6 Å². The molecule has 0 saturated carbocycles. The first-order chi connectivity index (χ1) is 15.4. The highest BCUT2D eigenvalue weighted by Crippen LogP contribution is 2.34. The number of sulfonamides is 1. The Morgan fingerprint density at radius 1 is 1.06 bits per heavy atom. The SMILES string of the molecule is COc1ccc(C(C)(C)Cc2nc(N[C@@H](CO)CC(C)C)nc(NS(C)(=O)=O)n2)c(OC)n1. The highest BCUT2D eigenvalue weighted by molar-refractivity contribution is 7.91. The molecule has 184 valence electrons. The first-order valence-electron chi connectivity index (χ1n) is 10.6. The van der Waals surface area contributed by atoms with Crippen molar-refractivity contribution in [1.29, 1.82) is 0 Å². The molecular weight excluding hydrogens is 448 g/mol. The molecule has 0 radical (unpaired) electrons. The second-order valence-electron chi connectivity index (χ2n) is 8.90. The van der Waals surface area contributed by atoms with Gasteiger partial charge in [-0.1, -0.05) is 27.7 Å². The molecular formula is C21H34N6O5S. The van der Waals surface area contributed by atoms with Crippen molar-refractivity contribution in [1.82, 2.24) is 19.9 Å². The number of pyridine rings is 1. The van der Waals surface area contributed by atoms with E-state index >= 15 is 0 Å². The van der Waals surface area contributed by atoms with Gasteiger partial charge in [-0.25, -0.2) is 8.42 Å². The molecule has 1 atom stereocenters. The highest BCUT2D eigenvalue weighted by Gasteiger charge is 2.28. The van der Waals surface area contributed by atoms with Crippen LogP contribution >= 0.6 is 0 Å². The number of hydrogen-bond acceptors (Lipinski definition) is 10. The van der Waals surface area contributed by atoms with Gasteiger partial charge in [-0.3, -0.25) is 4.72 Å². The molecule has 0 aliphatic carbocycles. The van der Waals surface area contributed by atoms with E-state index < -0.39 is 15.4 Å². The fourth-order valence-corrected chi connectivity index (χ4v) is 3.83. The minimum atomic E-state index is -3.60. The lowest BCUT2D eigenvalue weighted by molar-refractivity contribution is 0.259. The van der Waals surface area contributed by atoms with Gasteiger partial charge >= 0.3 is 0 Å².